The summed E-state index contributed by atoms with van der Waals surface area (Å²) < 4.78 is 0. The van der Waals surface area contributed by atoms with Crippen LogP contribution in [0.5, 0.6) is 0 Å². The third-order valence-corrected chi connectivity index (χ3v) is 2.33. The summed E-state index contributed by atoms with van der Waals surface area (Å²) in [6.45, 7) is 0.786. The average Bonchev–Trinajstić information content (AvgIpc) is 2.50. The molecule has 0 aliphatic carbocycles. The van der Waals surface area contributed by atoms with Gasteiger partial charge in [0.05, 0.1) is 6.61 Å². The fourth-order valence-electron chi connectivity index (χ4n) is 0.875. The summed E-state index contributed by atoms with van der Waals surface area (Å²) in [5, 5.41) is 2.11. The Morgan fingerprint density at radius 3 is 3.18 bits per heavy atom. The number of hydroxylamine groups is 1. The van der Waals surface area contributed by atoms with Crippen LogP contribution in [0.1, 0.15) is 11.3 Å². The van der Waals surface area contributed by atoms with Crippen molar-refractivity contribution in [2.45, 2.75) is 12.8 Å². The lowest BCUT2D eigenvalue weighted by Crippen LogP contribution is -2.08. The molecule has 1 N–H and O–H groups in total. The van der Waals surface area contributed by atoms with Crippen LogP contribution in [-0.2, 0) is 11.3 Å². The van der Waals surface area contributed by atoms with Crippen LogP contribution in [0.15, 0.2) is 17.5 Å². The summed E-state index contributed by atoms with van der Waals surface area (Å²) in [5.41, 5.74) is 2.65. The van der Waals surface area contributed by atoms with E-state index < -0.39 is 0 Å². The Kier molecular flexibility index (Phi) is 4.19. The van der Waals surface area contributed by atoms with Crippen LogP contribution in [0.3, 0.4) is 0 Å². The third-order valence-electron chi connectivity index (χ3n) is 1.39. The van der Waals surface area contributed by atoms with Crippen LogP contribution in [0, 0.1) is 0 Å². The summed E-state index contributed by atoms with van der Waals surface area (Å²) in [6.07, 6.45) is 2.21. The van der Waals surface area contributed by atoms with E-state index in [0.717, 1.165) is 19.4 Å². The van der Waals surface area contributed by atoms with E-state index in [1.54, 1.807) is 18.4 Å². The van der Waals surface area contributed by atoms with Gasteiger partial charge < -0.3 is 4.84 Å². The molecule has 1 aromatic rings. The Hall–Kier alpha value is -0.380. The molecule has 0 aliphatic heterocycles. The SMILES string of the molecule is CNOCCCc1cccs1. The maximum absolute atomic E-state index is 4.99. The normalized spacial score (nSPS) is 10.3. The Balaban J connectivity index is 2.04. The van der Waals surface area contributed by atoms with E-state index in [-0.39, 0.29) is 0 Å². The highest BCUT2D eigenvalue weighted by atomic mass is 32.1. The zero-order valence-electron chi connectivity index (χ0n) is 6.67. The van der Waals surface area contributed by atoms with E-state index in [9.17, 15) is 0 Å². The van der Waals surface area contributed by atoms with Gasteiger partial charge in [-0.15, -0.1) is 11.3 Å². The van der Waals surface area contributed by atoms with Crippen LogP contribution < -0.4 is 5.48 Å². The van der Waals surface area contributed by atoms with E-state index in [4.69, 9.17) is 4.84 Å². The summed E-state index contributed by atoms with van der Waals surface area (Å²) in [6, 6.07) is 4.24. The molecule has 62 valence electrons. The average molecular weight is 171 g/mol. The summed E-state index contributed by atoms with van der Waals surface area (Å²) in [4.78, 5) is 6.42. The standard InChI is InChI=1S/C8H13NOS/c1-9-10-6-2-4-8-5-3-7-11-8/h3,5,7,9H,2,4,6H2,1H3. The fraction of sp³-hybridized carbons (Fsp3) is 0.500. The van der Waals surface area contributed by atoms with Gasteiger partial charge in [0.2, 0.25) is 0 Å². The van der Waals surface area contributed by atoms with Gasteiger partial charge in [0.1, 0.15) is 0 Å². The van der Waals surface area contributed by atoms with Gasteiger partial charge in [-0.1, -0.05) is 6.07 Å². The molecule has 0 spiro atoms. The lowest BCUT2D eigenvalue weighted by Gasteiger charge is -1.98. The number of thiophene rings is 1. The number of hydrogen-bond acceptors (Lipinski definition) is 3. The quantitative estimate of drug-likeness (QED) is 0.539. The third kappa shape index (κ3) is 3.51. The molecule has 1 rings (SSSR count). The van der Waals surface area contributed by atoms with Gasteiger partial charge >= 0.3 is 0 Å². The van der Waals surface area contributed by atoms with Gasteiger partial charge in [-0.3, -0.25) is 0 Å². The molecule has 3 heteroatoms. The minimum atomic E-state index is 0.786. The van der Waals surface area contributed by atoms with Crippen molar-refractivity contribution in [1.82, 2.24) is 5.48 Å². The smallest absolute Gasteiger partial charge is 0.0685 e. The molecule has 0 radical (unpaired) electrons. The van der Waals surface area contributed by atoms with E-state index in [2.05, 4.69) is 23.0 Å². The molecular weight excluding hydrogens is 158 g/mol. The van der Waals surface area contributed by atoms with E-state index in [0.29, 0.717) is 0 Å². The summed E-state index contributed by atoms with van der Waals surface area (Å²) in [7, 11) is 1.78. The Morgan fingerprint density at radius 2 is 2.55 bits per heavy atom. The van der Waals surface area contributed by atoms with Gasteiger partial charge in [-0.2, -0.15) is 0 Å². The summed E-state index contributed by atoms with van der Waals surface area (Å²) in [5.74, 6) is 0. The van der Waals surface area contributed by atoms with Gasteiger partial charge in [-0.05, 0) is 24.3 Å². The maximum atomic E-state index is 4.99. The highest BCUT2D eigenvalue weighted by Gasteiger charge is 1.92. The highest BCUT2D eigenvalue weighted by molar-refractivity contribution is 7.09. The number of hydrogen-bond donors (Lipinski definition) is 1. The maximum Gasteiger partial charge on any atom is 0.0685 e. The first-order valence-corrected chi connectivity index (χ1v) is 4.62. The van der Waals surface area contributed by atoms with Crippen molar-refractivity contribution in [3.8, 4) is 0 Å². The molecule has 0 saturated heterocycles. The first kappa shape index (κ1) is 8.71. The molecule has 0 fully saturated rings. The second-order valence-corrected chi connectivity index (χ2v) is 3.27. The van der Waals surface area contributed by atoms with Crippen LogP contribution >= 0.6 is 11.3 Å². The van der Waals surface area contributed by atoms with Crippen molar-refractivity contribution < 1.29 is 4.84 Å². The van der Waals surface area contributed by atoms with Crippen LogP contribution in [0.2, 0.25) is 0 Å². The van der Waals surface area contributed by atoms with Gasteiger partial charge in [0, 0.05) is 11.9 Å². The number of nitrogens with one attached hydrogen (secondary N) is 1. The lowest BCUT2D eigenvalue weighted by atomic mass is 10.3. The first-order chi connectivity index (χ1) is 5.43. The van der Waals surface area contributed by atoms with Crippen molar-refractivity contribution in [3.63, 3.8) is 0 Å². The topological polar surface area (TPSA) is 21.3 Å². The molecule has 1 heterocycles. The van der Waals surface area contributed by atoms with Crippen LogP contribution in [0.25, 0.3) is 0 Å². The molecule has 1 aromatic heterocycles. The molecule has 0 unspecified atom stereocenters. The Labute approximate surface area is 71.1 Å². The zero-order valence-corrected chi connectivity index (χ0v) is 7.49. The Morgan fingerprint density at radius 1 is 1.64 bits per heavy atom. The molecule has 0 amide bonds. The van der Waals surface area contributed by atoms with Gasteiger partial charge in [-0.25, -0.2) is 5.48 Å². The molecule has 0 bridgehead atoms. The molecule has 0 atom stereocenters. The van der Waals surface area contributed by atoms with E-state index >= 15 is 0 Å². The van der Waals surface area contributed by atoms with Gasteiger partial charge in [0.25, 0.3) is 0 Å². The molecule has 11 heavy (non-hydrogen) atoms. The summed E-state index contributed by atoms with van der Waals surface area (Å²) >= 11 is 1.80. The minimum Gasteiger partial charge on any atom is -0.302 e. The first-order valence-electron chi connectivity index (χ1n) is 3.74. The second kappa shape index (κ2) is 5.29. The Bertz CT molecular complexity index is 174. The minimum absolute atomic E-state index is 0.786. The largest absolute Gasteiger partial charge is 0.302 e. The number of aryl methyl sites for hydroxylation is 1. The van der Waals surface area contributed by atoms with Crippen molar-refractivity contribution in [1.29, 1.82) is 0 Å². The fourth-order valence-corrected chi connectivity index (χ4v) is 1.63. The monoisotopic (exact) mass is 171 g/mol. The molecule has 0 aromatic carbocycles. The van der Waals surface area contributed by atoms with Crippen molar-refractivity contribution in [2.75, 3.05) is 13.7 Å². The lowest BCUT2D eigenvalue weighted by molar-refractivity contribution is 0.0565. The molecular formula is C8H13NOS. The number of rotatable bonds is 5. The van der Waals surface area contributed by atoms with E-state index in [1.165, 1.54) is 4.88 Å². The van der Waals surface area contributed by atoms with Crippen molar-refractivity contribution >= 4 is 11.3 Å². The zero-order chi connectivity index (χ0) is 7.94. The van der Waals surface area contributed by atoms with Crippen LogP contribution in [-0.4, -0.2) is 13.7 Å². The van der Waals surface area contributed by atoms with E-state index in [1.807, 2.05) is 0 Å². The predicted octanol–water partition coefficient (Wildman–Crippen LogP) is 1.83. The second-order valence-electron chi connectivity index (χ2n) is 2.24. The predicted molar refractivity (Wildman–Crippen MR) is 47.7 cm³/mol. The molecule has 0 saturated carbocycles. The van der Waals surface area contributed by atoms with Crippen LogP contribution in [0.4, 0.5) is 0 Å². The molecule has 2 nitrogen and oxygen atoms in total. The van der Waals surface area contributed by atoms with Crippen molar-refractivity contribution in [2.24, 2.45) is 0 Å². The highest BCUT2D eigenvalue weighted by Crippen LogP contribution is 2.10. The van der Waals surface area contributed by atoms with Crippen molar-refractivity contribution in [3.05, 3.63) is 22.4 Å². The van der Waals surface area contributed by atoms with Gasteiger partial charge in [0.15, 0.2) is 0 Å². The molecule has 0 aliphatic rings.